The largest absolute Gasteiger partial charge is 0.491 e. The summed E-state index contributed by atoms with van der Waals surface area (Å²) in [5.41, 5.74) is 4.91. The highest BCUT2D eigenvalue weighted by molar-refractivity contribution is 5.88. The Kier molecular flexibility index (Phi) is 3.35. The lowest BCUT2D eigenvalue weighted by Gasteiger charge is -2.28. The number of benzene rings is 1. The van der Waals surface area contributed by atoms with Crippen molar-refractivity contribution < 1.29 is 14.6 Å². The first-order valence-electron chi connectivity index (χ1n) is 9.18. The highest BCUT2D eigenvalue weighted by Crippen LogP contribution is 2.45. The van der Waals surface area contributed by atoms with Crippen molar-refractivity contribution in [2.45, 2.75) is 32.2 Å². The molecule has 5 rings (SSSR count). The molecule has 6 nitrogen and oxygen atoms in total. The van der Waals surface area contributed by atoms with Gasteiger partial charge in [-0.25, -0.2) is 4.79 Å². The Labute approximate surface area is 150 Å². The van der Waals surface area contributed by atoms with Crippen LogP contribution in [0.1, 0.15) is 34.3 Å². The van der Waals surface area contributed by atoms with E-state index < -0.39 is 11.4 Å². The Hall–Kier alpha value is -2.76. The molecule has 1 fully saturated rings. The van der Waals surface area contributed by atoms with E-state index in [0.717, 1.165) is 48.6 Å². The predicted octanol–water partition coefficient (Wildman–Crippen LogP) is 2.30. The average molecular weight is 352 g/mol. The molecular formula is C20H20N2O4. The summed E-state index contributed by atoms with van der Waals surface area (Å²) in [4.78, 5) is 26.0. The fourth-order valence-electron chi connectivity index (χ4n) is 4.52. The van der Waals surface area contributed by atoms with Gasteiger partial charge in [0, 0.05) is 49.4 Å². The van der Waals surface area contributed by atoms with Gasteiger partial charge in [0.15, 0.2) is 5.43 Å². The van der Waals surface area contributed by atoms with Crippen molar-refractivity contribution in [2.75, 3.05) is 24.6 Å². The number of carboxylic acids is 1. The van der Waals surface area contributed by atoms with E-state index in [2.05, 4.69) is 11.0 Å². The molecule has 1 aromatic heterocycles. The van der Waals surface area contributed by atoms with Crippen LogP contribution in [0.2, 0.25) is 0 Å². The van der Waals surface area contributed by atoms with E-state index in [1.54, 1.807) is 0 Å². The van der Waals surface area contributed by atoms with E-state index in [1.165, 1.54) is 36.2 Å². The van der Waals surface area contributed by atoms with Crippen LogP contribution in [0.15, 0.2) is 23.1 Å². The van der Waals surface area contributed by atoms with Gasteiger partial charge in [-0.3, -0.25) is 4.79 Å². The van der Waals surface area contributed by atoms with Crippen LogP contribution in [0.4, 0.5) is 5.69 Å². The molecule has 0 aliphatic carbocycles. The summed E-state index contributed by atoms with van der Waals surface area (Å²) in [5, 5.41) is 9.24. The third-order valence-electron chi connectivity index (χ3n) is 5.76. The van der Waals surface area contributed by atoms with E-state index in [4.69, 9.17) is 4.74 Å². The Morgan fingerprint density at radius 1 is 1.08 bits per heavy atom. The highest BCUT2D eigenvalue weighted by Gasteiger charge is 2.30. The summed E-state index contributed by atoms with van der Waals surface area (Å²) < 4.78 is 7.89. The van der Waals surface area contributed by atoms with Crippen molar-refractivity contribution in [1.29, 1.82) is 0 Å². The average Bonchev–Trinajstić information content (AvgIpc) is 3.32. The molecule has 134 valence electrons. The van der Waals surface area contributed by atoms with Crippen molar-refractivity contribution >= 4 is 11.7 Å². The Balaban J connectivity index is 1.74. The summed E-state index contributed by atoms with van der Waals surface area (Å²) in [6.07, 6.45) is 5.59. The third-order valence-corrected chi connectivity index (χ3v) is 5.76. The van der Waals surface area contributed by atoms with Gasteiger partial charge in [0.1, 0.15) is 11.3 Å². The van der Waals surface area contributed by atoms with Gasteiger partial charge >= 0.3 is 5.97 Å². The smallest absolute Gasteiger partial charge is 0.341 e. The minimum atomic E-state index is -1.17. The highest BCUT2D eigenvalue weighted by atomic mass is 16.5. The van der Waals surface area contributed by atoms with Crippen molar-refractivity contribution in [3.8, 4) is 17.0 Å². The maximum atomic E-state index is 12.3. The molecule has 3 aliphatic rings. The second-order valence-corrected chi connectivity index (χ2v) is 7.21. The number of pyridine rings is 1. The quantitative estimate of drug-likeness (QED) is 0.898. The van der Waals surface area contributed by atoms with Gasteiger partial charge in [-0.1, -0.05) is 0 Å². The first-order chi connectivity index (χ1) is 12.6. The Bertz CT molecular complexity index is 986. The zero-order chi connectivity index (χ0) is 17.8. The second-order valence-electron chi connectivity index (χ2n) is 7.21. The lowest BCUT2D eigenvalue weighted by molar-refractivity contribution is 0.0694. The van der Waals surface area contributed by atoms with Crippen LogP contribution in [0.3, 0.4) is 0 Å². The number of carbonyl (C=O) groups is 1. The fraction of sp³-hybridized carbons (Fsp3) is 0.400. The van der Waals surface area contributed by atoms with Gasteiger partial charge in [-0.15, -0.1) is 0 Å². The number of hydrogen-bond acceptors (Lipinski definition) is 4. The maximum Gasteiger partial charge on any atom is 0.341 e. The van der Waals surface area contributed by atoms with Crippen molar-refractivity contribution in [3.63, 3.8) is 0 Å². The molecular weight excluding hydrogens is 332 g/mol. The molecule has 0 atom stereocenters. The molecule has 1 aromatic carbocycles. The van der Waals surface area contributed by atoms with Crippen molar-refractivity contribution in [1.82, 2.24) is 4.57 Å². The van der Waals surface area contributed by atoms with Crippen molar-refractivity contribution in [2.24, 2.45) is 0 Å². The molecule has 0 spiro atoms. The topological polar surface area (TPSA) is 71.8 Å². The van der Waals surface area contributed by atoms with Crippen LogP contribution in [0.25, 0.3) is 11.3 Å². The van der Waals surface area contributed by atoms with Crippen molar-refractivity contribution in [3.05, 3.63) is 45.2 Å². The molecule has 0 radical (unpaired) electrons. The summed E-state index contributed by atoms with van der Waals surface area (Å²) in [7, 11) is 0. The molecule has 0 amide bonds. The molecule has 3 aliphatic heterocycles. The first-order valence-corrected chi connectivity index (χ1v) is 9.18. The lowest BCUT2D eigenvalue weighted by Crippen LogP contribution is -2.23. The summed E-state index contributed by atoms with van der Waals surface area (Å²) >= 11 is 0. The fourth-order valence-corrected chi connectivity index (χ4v) is 4.52. The summed E-state index contributed by atoms with van der Waals surface area (Å²) in [6, 6.07) is 3.63. The number of ether oxygens (including phenoxy) is 1. The van der Waals surface area contributed by atoms with E-state index in [9.17, 15) is 14.7 Å². The molecule has 26 heavy (non-hydrogen) atoms. The van der Waals surface area contributed by atoms with E-state index in [-0.39, 0.29) is 5.56 Å². The number of aryl methyl sites for hydroxylation is 1. The summed E-state index contributed by atoms with van der Waals surface area (Å²) in [6.45, 7) is 3.44. The number of aromatic carboxylic acids is 1. The molecule has 0 bridgehead atoms. The minimum Gasteiger partial charge on any atom is -0.491 e. The maximum absolute atomic E-state index is 12.3. The second kappa shape index (κ2) is 5.62. The standard InChI is InChI=1S/C20H20N2O4/c23-18-10-16-14-9-17(21-5-1-2-6-21)19-13(4-8-26-19)12(14)3-7-22(16)11-15(18)20(24)25/h9-11H,1-8H2,(H,24,25). The van der Waals surface area contributed by atoms with Gasteiger partial charge in [-0.05, 0) is 30.9 Å². The zero-order valence-corrected chi connectivity index (χ0v) is 14.5. The summed E-state index contributed by atoms with van der Waals surface area (Å²) in [5.74, 6) is -0.153. The van der Waals surface area contributed by atoms with Crippen LogP contribution >= 0.6 is 0 Å². The van der Waals surface area contributed by atoms with Gasteiger partial charge in [0.2, 0.25) is 0 Å². The number of anilines is 1. The lowest BCUT2D eigenvalue weighted by atomic mass is 9.90. The Morgan fingerprint density at radius 3 is 2.65 bits per heavy atom. The van der Waals surface area contributed by atoms with Gasteiger partial charge in [0.05, 0.1) is 18.0 Å². The number of hydrogen-bond donors (Lipinski definition) is 1. The number of rotatable bonds is 2. The molecule has 1 N–H and O–H groups in total. The van der Waals surface area contributed by atoms with Gasteiger partial charge in [-0.2, -0.15) is 0 Å². The third kappa shape index (κ3) is 2.18. The predicted molar refractivity (Wildman–Crippen MR) is 97.4 cm³/mol. The van der Waals surface area contributed by atoms with Gasteiger partial charge in [0.25, 0.3) is 0 Å². The van der Waals surface area contributed by atoms with Crippen LogP contribution in [0.5, 0.6) is 5.75 Å². The number of nitrogens with zero attached hydrogens (tertiary/aromatic N) is 2. The molecule has 1 saturated heterocycles. The first kappa shape index (κ1) is 15.5. The molecule has 0 unspecified atom stereocenters. The van der Waals surface area contributed by atoms with Crippen LogP contribution in [0, 0.1) is 0 Å². The Morgan fingerprint density at radius 2 is 1.88 bits per heavy atom. The normalized spacial score (nSPS) is 17.5. The zero-order valence-electron chi connectivity index (χ0n) is 14.5. The molecule has 0 saturated carbocycles. The van der Waals surface area contributed by atoms with Crippen LogP contribution < -0.4 is 15.1 Å². The monoisotopic (exact) mass is 352 g/mol. The van der Waals surface area contributed by atoms with E-state index >= 15 is 0 Å². The molecule has 6 heteroatoms. The van der Waals surface area contributed by atoms with E-state index in [0.29, 0.717) is 13.2 Å². The van der Waals surface area contributed by atoms with Crippen LogP contribution in [-0.4, -0.2) is 35.3 Å². The van der Waals surface area contributed by atoms with E-state index in [1.807, 2.05) is 4.57 Å². The molecule has 2 aromatic rings. The molecule has 4 heterocycles. The minimum absolute atomic E-state index is 0.165. The van der Waals surface area contributed by atoms with Crippen LogP contribution in [-0.2, 0) is 19.4 Å². The number of aromatic nitrogens is 1. The number of fused-ring (bicyclic) bond motifs is 5. The SMILES string of the molecule is O=C(O)c1cn2c(cc1=O)-c1cc(N3CCCC3)c3c(c1CC2)CCO3. The number of carboxylic acid groups (broad SMARTS) is 1. The van der Waals surface area contributed by atoms with Gasteiger partial charge < -0.3 is 19.3 Å².